The Morgan fingerprint density at radius 3 is 2.61 bits per heavy atom. The van der Waals surface area contributed by atoms with Crippen molar-refractivity contribution in [3.05, 3.63) is 35.5 Å². The average molecular weight is 245 g/mol. The fourth-order valence-electron chi connectivity index (χ4n) is 2.11. The normalized spacial score (nSPS) is 10.6. The van der Waals surface area contributed by atoms with E-state index < -0.39 is 0 Å². The van der Waals surface area contributed by atoms with Gasteiger partial charge >= 0.3 is 5.97 Å². The highest BCUT2D eigenvalue weighted by atomic mass is 16.5. The Morgan fingerprint density at radius 2 is 2.00 bits per heavy atom. The summed E-state index contributed by atoms with van der Waals surface area (Å²) in [5, 5.41) is 0.869. The molecule has 2 aromatic rings. The van der Waals surface area contributed by atoms with E-state index in [0.717, 1.165) is 16.6 Å². The second-order valence-electron chi connectivity index (χ2n) is 4.13. The lowest BCUT2D eigenvalue weighted by Crippen LogP contribution is -2.07. The third-order valence-electron chi connectivity index (χ3n) is 2.81. The van der Waals surface area contributed by atoms with Crippen LogP contribution in [-0.2, 0) is 4.74 Å². The molecule has 1 heterocycles. The van der Waals surface area contributed by atoms with Crippen LogP contribution in [0.25, 0.3) is 10.9 Å². The minimum absolute atomic E-state index is 0.0358. The summed E-state index contributed by atoms with van der Waals surface area (Å²) in [5.74, 6) is -0.376. The summed E-state index contributed by atoms with van der Waals surface area (Å²) in [7, 11) is 0. The number of carbonyl (C=O) groups is 2. The molecule has 1 aromatic heterocycles. The second-order valence-corrected chi connectivity index (χ2v) is 4.13. The van der Waals surface area contributed by atoms with Crippen LogP contribution >= 0.6 is 0 Å². The molecular weight excluding hydrogens is 230 g/mol. The Bertz CT molecular complexity index is 625. The predicted molar refractivity (Wildman–Crippen MR) is 68.9 cm³/mol. The van der Waals surface area contributed by atoms with E-state index in [2.05, 4.69) is 0 Å². The van der Waals surface area contributed by atoms with Gasteiger partial charge in [-0.15, -0.1) is 0 Å². The number of hydrogen-bond donors (Lipinski definition) is 0. The fourth-order valence-corrected chi connectivity index (χ4v) is 2.11. The molecule has 94 valence electrons. The lowest BCUT2D eigenvalue weighted by molar-refractivity contribution is 0.0526. The van der Waals surface area contributed by atoms with E-state index in [1.807, 2.05) is 13.0 Å². The molecule has 0 amide bonds. The van der Waals surface area contributed by atoms with Crippen LogP contribution in [0.15, 0.2) is 24.3 Å². The van der Waals surface area contributed by atoms with Crippen molar-refractivity contribution in [1.29, 1.82) is 0 Å². The quantitative estimate of drug-likeness (QED) is 0.764. The van der Waals surface area contributed by atoms with Gasteiger partial charge in [0.05, 0.1) is 17.7 Å². The summed E-state index contributed by atoms with van der Waals surface area (Å²) in [6.07, 6.45) is 0. The fraction of sp³-hybridized carbons (Fsp3) is 0.286. The monoisotopic (exact) mass is 245 g/mol. The minimum Gasteiger partial charge on any atom is -0.462 e. The molecule has 0 fully saturated rings. The van der Waals surface area contributed by atoms with Crippen LogP contribution in [0, 0.1) is 6.92 Å². The maximum atomic E-state index is 11.6. The van der Waals surface area contributed by atoms with Crippen LogP contribution in [0.1, 0.15) is 34.7 Å². The summed E-state index contributed by atoms with van der Waals surface area (Å²) in [6.45, 7) is 5.51. The van der Waals surface area contributed by atoms with E-state index in [-0.39, 0.29) is 11.9 Å². The van der Waals surface area contributed by atoms with E-state index in [0.29, 0.717) is 12.2 Å². The van der Waals surface area contributed by atoms with E-state index in [1.165, 1.54) is 6.92 Å². The zero-order chi connectivity index (χ0) is 13.3. The number of fused-ring (bicyclic) bond motifs is 1. The van der Waals surface area contributed by atoms with Gasteiger partial charge in [-0.1, -0.05) is 0 Å². The molecule has 0 bridgehead atoms. The smallest absolute Gasteiger partial charge is 0.338 e. The molecule has 0 aliphatic heterocycles. The number of hydrogen-bond acceptors (Lipinski definition) is 3. The summed E-state index contributed by atoms with van der Waals surface area (Å²) >= 11 is 0. The SMILES string of the molecule is CCOC(=O)c1ccc2c(c1)cc(C)n2C(C)=O. The summed E-state index contributed by atoms with van der Waals surface area (Å²) in [6, 6.07) is 7.09. The molecule has 2 rings (SSSR count). The number of nitrogens with zero attached hydrogens (tertiary/aromatic N) is 1. The van der Waals surface area contributed by atoms with Crippen molar-refractivity contribution in [3.8, 4) is 0 Å². The third kappa shape index (κ3) is 2.01. The molecule has 0 spiro atoms. The zero-order valence-corrected chi connectivity index (χ0v) is 10.7. The van der Waals surface area contributed by atoms with Gasteiger partial charge in [0.25, 0.3) is 0 Å². The molecule has 4 heteroatoms. The molecule has 0 radical (unpaired) electrons. The molecule has 0 atom stereocenters. The molecule has 1 aromatic carbocycles. The van der Waals surface area contributed by atoms with E-state index >= 15 is 0 Å². The lowest BCUT2D eigenvalue weighted by atomic mass is 10.1. The van der Waals surface area contributed by atoms with Crippen LogP contribution in [0.2, 0.25) is 0 Å². The van der Waals surface area contributed by atoms with E-state index in [4.69, 9.17) is 4.74 Å². The lowest BCUT2D eigenvalue weighted by Gasteiger charge is -2.04. The van der Waals surface area contributed by atoms with Crippen LogP contribution in [0.5, 0.6) is 0 Å². The van der Waals surface area contributed by atoms with Crippen LogP contribution in [0.3, 0.4) is 0 Å². The number of esters is 1. The van der Waals surface area contributed by atoms with Gasteiger partial charge in [0.15, 0.2) is 0 Å². The van der Waals surface area contributed by atoms with E-state index in [1.54, 1.807) is 29.7 Å². The Kier molecular flexibility index (Phi) is 3.19. The van der Waals surface area contributed by atoms with Gasteiger partial charge in [-0.25, -0.2) is 4.79 Å². The summed E-state index contributed by atoms with van der Waals surface area (Å²) < 4.78 is 6.58. The van der Waals surface area contributed by atoms with Crippen molar-refractivity contribution >= 4 is 22.8 Å². The Balaban J connectivity index is 2.54. The zero-order valence-electron chi connectivity index (χ0n) is 10.7. The van der Waals surface area contributed by atoms with Crippen LogP contribution in [0.4, 0.5) is 0 Å². The third-order valence-corrected chi connectivity index (χ3v) is 2.81. The standard InChI is InChI=1S/C14H15NO3/c1-4-18-14(17)11-5-6-13-12(8-11)7-9(2)15(13)10(3)16/h5-8H,4H2,1-3H3. The van der Waals surface area contributed by atoms with Gasteiger partial charge in [0.1, 0.15) is 0 Å². The van der Waals surface area contributed by atoms with Gasteiger partial charge in [0, 0.05) is 18.0 Å². The summed E-state index contributed by atoms with van der Waals surface area (Å²) in [4.78, 5) is 23.2. The number of aromatic nitrogens is 1. The largest absolute Gasteiger partial charge is 0.462 e. The van der Waals surface area contributed by atoms with Crippen LogP contribution < -0.4 is 0 Å². The highest BCUT2D eigenvalue weighted by Crippen LogP contribution is 2.21. The van der Waals surface area contributed by atoms with Gasteiger partial charge in [-0.05, 0) is 38.1 Å². The Hall–Kier alpha value is -2.10. The van der Waals surface area contributed by atoms with Gasteiger partial charge in [0.2, 0.25) is 5.91 Å². The molecule has 18 heavy (non-hydrogen) atoms. The maximum Gasteiger partial charge on any atom is 0.338 e. The minimum atomic E-state index is -0.340. The Morgan fingerprint density at radius 1 is 1.28 bits per heavy atom. The first-order valence-electron chi connectivity index (χ1n) is 5.84. The van der Waals surface area contributed by atoms with Crippen molar-refractivity contribution in [2.24, 2.45) is 0 Å². The molecule has 0 aliphatic carbocycles. The first-order valence-corrected chi connectivity index (χ1v) is 5.84. The molecule has 0 unspecified atom stereocenters. The van der Waals surface area contributed by atoms with Crippen molar-refractivity contribution < 1.29 is 14.3 Å². The highest BCUT2D eigenvalue weighted by molar-refractivity contribution is 5.98. The van der Waals surface area contributed by atoms with Crippen molar-refractivity contribution in [3.63, 3.8) is 0 Å². The average Bonchev–Trinajstić information content (AvgIpc) is 2.63. The number of benzene rings is 1. The number of aryl methyl sites for hydroxylation is 1. The molecule has 0 aliphatic rings. The first-order chi connectivity index (χ1) is 8.54. The van der Waals surface area contributed by atoms with Crippen molar-refractivity contribution in [1.82, 2.24) is 4.57 Å². The predicted octanol–water partition coefficient (Wildman–Crippen LogP) is 2.79. The maximum absolute atomic E-state index is 11.6. The molecular formula is C14H15NO3. The first kappa shape index (κ1) is 12.4. The number of ether oxygens (including phenoxy) is 1. The topological polar surface area (TPSA) is 48.3 Å². The van der Waals surface area contributed by atoms with E-state index in [9.17, 15) is 9.59 Å². The Labute approximate surface area is 105 Å². The number of carbonyl (C=O) groups excluding carboxylic acids is 2. The van der Waals surface area contributed by atoms with Crippen molar-refractivity contribution in [2.45, 2.75) is 20.8 Å². The highest BCUT2D eigenvalue weighted by Gasteiger charge is 2.12. The second kappa shape index (κ2) is 4.64. The number of rotatable bonds is 2. The van der Waals surface area contributed by atoms with Crippen LogP contribution in [-0.4, -0.2) is 23.1 Å². The molecule has 0 saturated heterocycles. The van der Waals surface area contributed by atoms with Gasteiger partial charge in [-0.3, -0.25) is 9.36 Å². The van der Waals surface area contributed by atoms with Gasteiger partial charge in [-0.2, -0.15) is 0 Å². The molecule has 4 nitrogen and oxygen atoms in total. The summed E-state index contributed by atoms with van der Waals surface area (Å²) in [5.41, 5.74) is 2.18. The molecule has 0 N–H and O–H groups in total. The van der Waals surface area contributed by atoms with Crippen molar-refractivity contribution in [2.75, 3.05) is 6.61 Å². The molecule has 0 saturated carbocycles. The van der Waals surface area contributed by atoms with Gasteiger partial charge < -0.3 is 4.74 Å².